The molecule has 8 heteroatoms. The third kappa shape index (κ3) is 4.12. The van der Waals surface area contributed by atoms with E-state index in [9.17, 15) is 9.90 Å². The van der Waals surface area contributed by atoms with Gasteiger partial charge in [-0.25, -0.2) is 4.79 Å². The molecule has 0 radical (unpaired) electrons. The fraction of sp³-hybridized carbons (Fsp3) is 0.458. The van der Waals surface area contributed by atoms with Crippen LogP contribution in [-0.2, 0) is 11.2 Å². The fourth-order valence-electron chi connectivity index (χ4n) is 5.25. The largest absolute Gasteiger partial charge is 0.487 e. The van der Waals surface area contributed by atoms with Gasteiger partial charge in [0.05, 0.1) is 17.8 Å². The number of fused-ring (bicyclic) bond motifs is 1. The third-order valence-corrected chi connectivity index (χ3v) is 7.09. The highest BCUT2D eigenvalue weighted by Gasteiger charge is 2.45. The second-order valence-corrected chi connectivity index (χ2v) is 9.38. The van der Waals surface area contributed by atoms with Gasteiger partial charge in [0.2, 0.25) is 0 Å². The highest BCUT2D eigenvalue weighted by Crippen LogP contribution is 2.42. The minimum Gasteiger partial charge on any atom is -0.487 e. The maximum atomic E-state index is 10.9. The molecule has 3 aliphatic heterocycles. The smallest absolute Gasteiger partial charge is 0.341 e. The van der Waals surface area contributed by atoms with Gasteiger partial charge in [-0.05, 0) is 35.9 Å². The number of ether oxygens (including phenoxy) is 2. The molecule has 0 aromatic heterocycles. The SMILES string of the molecule is O=C(O)COc1ccccc1N1CC(O)C(N2CCC3(CC2)Cc2cc(Cl)ccc2O3)C1. The van der Waals surface area contributed by atoms with Crippen LogP contribution < -0.4 is 14.4 Å². The standard InChI is InChI=1S/C24H27ClN2O5/c25-17-5-6-21-16(11-17)12-24(32-21)7-9-26(10-8-24)19-13-27(14-20(19)28)18-3-1-2-4-22(18)31-15-23(29)30/h1-6,11,19-20,28H,7-10,12-15H2,(H,29,30). The molecule has 2 saturated heterocycles. The van der Waals surface area contributed by atoms with E-state index in [1.807, 2.05) is 36.4 Å². The van der Waals surface area contributed by atoms with Crippen LogP contribution in [0.1, 0.15) is 18.4 Å². The Kier molecular flexibility index (Phi) is 5.65. The van der Waals surface area contributed by atoms with Crippen molar-refractivity contribution in [3.05, 3.63) is 53.1 Å². The van der Waals surface area contributed by atoms with E-state index in [2.05, 4.69) is 9.80 Å². The number of hydrogen-bond acceptors (Lipinski definition) is 6. The Bertz CT molecular complexity index is 1010. The van der Waals surface area contributed by atoms with Crippen LogP contribution in [0, 0.1) is 0 Å². The van der Waals surface area contributed by atoms with E-state index in [-0.39, 0.29) is 11.6 Å². The number of carboxylic acids is 1. The van der Waals surface area contributed by atoms with Gasteiger partial charge < -0.3 is 24.6 Å². The van der Waals surface area contributed by atoms with Crippen LogP contribution in [0.15, 0.2) is 42.5 Å². The van der Waals surface area contributed by atoms with E-state index >= 15 is 0 Å². The Morgan fingerprint density at radius 1 is 1.19 bits per heavy atom. The first-order chi connectivity index (χ1) is 15.4. The van der Waals surface area contributed by atoms with Crippen LogP contribution in [0.25, 0.3) is 0 Å². The summed E-state index contributed by atoms with van der Waals surface area (Å²) < 4.78 is 11.8. The minimum atomic E-state index is -1.01. The number of benzene rings is 2. The summed E-state index contributed by atoms with van der Waals surface area (Å²) in [5.41, 5.74) is 1.82. The predicted molar refractivity (Wildman–Crippen MR) is 121 cm³/mol. The zero-order valence-corrected chi connectivity index (χ0v) is 18.5. The Labute approximate surface area is 192 Å². The van der Waals surface area contributed by atoms with Crippen molar-refractivity contribution in [3.63, 3.8) is 0 Å². The number of anilines is 1. The molecule has 5 rings (SSSR count). The first-order valence-corrected chi connectivity index (χ1v) is 11.4. The van der Waals surface area contributed by atoms with Gasteiger partial charge in [0.15, 0.2) is 6.61 Å². The van der Waals surface area contributed by atoms with E-state index in [1.54, 1.807) is 6.07 Å². The number of likely N-dealkylation sites (tertiary alicyclic amines) is 1. The van der Waals surface area contributed by atoms with Crippen LogP contribution in [0.5, 0.6) is 11.5 Å². The molecule has 7 nitrogen and oxygen atoms in total. The summed E-state index contributed by atoms with van der Waals surface area (Å²) in [6.45, 7) is 2.47. The van der Waals surface area contributed by atoms with Crippen molar-refractivity contribution in [1.29, 1.82) is 0 Å². The molecule has 0 amide bonds. The van der Waals surface area contributed by atoms with Crippen molar-refractivity contribution in [1.82, 2.24) is 4.90 Å². The van der Waals surface area contributed by atoms with E-state index in [1.165, 1.54) is 5.56 Å². The van der Waals surface area contributed by atoms with Crippen molar-refractivity contribution >= 4 is 23.3 Å². The zero-order chi connectivity index (χ0) is 22.3. The number of carbonyl (C=O) groups is 1. The average Bonchev–Trinajstić information content (AvgIpc) is 3.33. The van der Waals surface area contributed by atoms with Crippen molar-refractivity contribution in [2.45, 2.75) is 37.0 Å². The number of hydrogen-bond donors (Lipinski definition) is 2. The molecule has 2 fully saturated rings. The van der Waals surface area contributed by atoms with Crippen LogP contribution in [0.4, 0.5) is 5.69 Å². The lowest BCUT2D eigenvalue weighted by atomic mass is 9.86. The molecule has 2 N–H and O–H groups in total. The molecular weight excluding hydrogens is 432 g/mol. The summed E-state index contributed by atoms with van der Waals surface area (Å²) in [4.78, 5) is 15.4. The van der Waals surface area contributed by atoms with Crippen LogP contribution in [-0.4, -0.2) is 71.6 Å². The number of piperidine rings is 1. The molecule has 2 aromatic carbocycles. The van der Waals surface area contributed by atoms with Crippen LogP contribution >= 0.6 is 11.6 Å². The molecule has 2 atom stereocenters. The number of aliphatic hydroxyl groups excluding tert-OH is 1. The maximum absolute atomic E-state index is 10.9. The first kappa shape index (κ1) is 21.4. The first-order valence-electron chi connectivity index (χ1n) is 11.0. The van der Waals surface area contributed by atoms with Gasteiger partial charge in [0.1, 0.15) is 17.1 Å². The number of aliphatic carboxylic acids is 1. The lowest BCUT2D eigenvalue weighted by Gasteiger charge is -2.41. The number of carboxylic acid groups (broad SMARTS) is 1. The van der Waals surface area contributed by atoms with Gasteiger partial charge in [-0.2, -0.15) is 0 Å². The number of nitrogens with zero attached hydrogens (tertiary/aromatic N) is 2. The highest BCUT2D eigenvalue weighted by molar-refractivity contribution is 6.30. The molecule has 3 aliphatic rings. The normalized spacial score (nSPS) is 24.4. The number of β-amino-alcohol motifs (C(OH)–C–C–N with tert-alkyl or cyclic N) is 1. The molecule has 1 spiro atoms. The number of rotatable bonds is 5. The van der Waals surface area contributed by atoms with Crippen LogP contribution in [0.2, 0.25) is 5.02 Å². The van der Waals surface area contributed by atoms with Crippen molar-refractivity contribution in [2.24, 2.45) is 0 Å². The molecule has 0 bridgehead atoms. The van der Waals surface area contributed by atoms with E-state index in [0.29, 0.717) is 18.8 Å². The number of halogens is 1. The maximum Gasteiger partial charge on any atom is 0.341 e. The Balaban J connectivity index is 1.23. The molecule has 3 heterocycles. The summed E-state index contributed by atoms with van der Waals surface area (Å²) in [5, 5.41) is 20.5. The lowest BCUT2D eigenvalue weighted by molar-refractivity contribution is -0.139. The van der Waals surface area contributed by atoms with Crippen molar-refractivity contribution in [2.75, 3.05) is 37.7 Å². The minimum absolute atomic E-state index is 0.0121. The fourth-order valence-corrected chi connectivity index (χ4v) is 5.44. The van der Waals surface area contributed by atoms with Crippen molar-refractivity contribution in [3.8, 4) is 11.5 Å². The van der Waals surface area contributed by atoms with Gasteiger partial charge in [-0.15, -0.1) is 0 Å². The van der Waals surface area contributed by atoms with Gasteiger partial charge in [-0.3, -0.25) is 4.90 Å². The molecule has 0 saturated carbocycles. The van der Waals surface area contributed by atoms with Gasteiger partial charge >= 0.3 is 5.97 Å². The Morgan fingerprint density at radius 2 is 1.97 bits per heavy atom. The van der Waals surface area contributed by atoms with Gasteiger partial charge in [0, 0.05) is 50.5 Å². The summed E-state index contributed by atoms with van der Waals surface area (Å²) in [6.07, 6.45) is 2.20. The Morgan fingerprint density at radius 3 is 2.75 bits per heavy atom. The number of aliphatic hydroxyl groups is 1. The lowest BCUT2D eigenvalue weighted by Crippen LogP contribution is -2.53. The van der Waals surface area contributed by atoms with Crippen molar-refractivity contribution < 1.29 is 24.5 Å². The highest BCUT2D eigenvalue weighted by atomic mass is 35.5. The Hall–Kier alpha value is -2.48. The summed E-state index contributed by atoms with van der Waals surface area (Å²) in [7, 11) is 0. The van der Waals surface area contributed by atoms with Gasteiger partial charge in [0.25, 0.3) is 0 Å². The molecule has 0 aliphatic carbocycles. The average molecular weight is 459 g/mol. The monoisotopic (exact) mass is 458 g/mol. The molecule has 170 valence electrons. The second-order valence-electron chi connectivity index (χ2n) is 8.94. The van der Waals surface area contributed by atoms with E-state index < -0.39 is 18.7 Å². The topological polar surface area (TPSA) is 82.5 Å². The molecular formula is C24H27ClN2O5. The second kappa shape index (κ2) is 8.46. The quantitative estimate of drug-likeness (QED) is 0.712. The van der Waals surface area contributed by atoms with E-state index in [0.717, 1.165) is 48.8 Å². The molecule has 32 heavy (non-hydrogen) atoms. The number of para-hydroxylation sites is 2. The molecule has 2 unspecified atom stereocenters. The summed E-state index contributed by atoms with van der Waals surface area (Å²) in [6, 6.07) is 13.2. The van der Waals surface area contributed by atoms with Gasteiger partial charge in [-0.1, -0.05) is 23.7 Å². The summed E-state index contributed by atoms with van der Waals surface area (Å²) >= 11 is 6.15. The zero-order valence-electron chi connectivity index (χ0n) is 17.7. The van der Waals surface area contributed by atoms with Crippen LogP contribution in [0.3, 0.4) is 0 Å². The third-order valence-electron chi connectivity index (χ3n) is 6.86. The summed E-state index contributed by atoms with van der Waals surface area (Å²) in [5.74, 6) is 0.448. The van der Waals surface area contributed by atoms with E-state index in [4.69, 9.17) is 26.2 Å². The predicted octanol–water partition coefficient (Wildman–Crippen LogP) is 2.82. The molecule has 2 aromatic rings.